The molecule has 8 nitrogen and oxygen atoms in total. The van der Waals surface area contributed by atoms with E-state index in [1.807, 2.05) is 30.0 Å². The highest BCUT2D eigenvalue weighted by Crippen LogP contribution is 2.39. The van der Waals surface area contributed by atoms with Crippen molar-refractivity contribution >= 4 is 23.2 Å². The third-order valence-electron chi connectivity index (χ3n) is 6.91. The monoisotopic (exact) mass is 485 g/mol. The Labute approximate surface area is 209 Å². The summed E-state index contributed by atoms with van der Waals surface area (Å²) >= 11 is 0. The lowest BCUT2D eigenvalue weighted by Crippen LogP contribution is -2.42. The summed E-state index contributed by atoms with van der Waals surface area (Å²) in [6, 6.07) is 19.1. The van der Waals surface area contributed by atoms with E-state index in [4.69, 9.17) is 4.74 Å². The first-order valence-electron chi connectivity index (χ1n) is 12.2. The molecule has 0 unspecified atom stereocenters. The van der Waals surface area contributed by atoms with Gasteiger partial charge in [0.2, 0.25) is 0 Å². The smallest absolute Gasteiger partial charge is 0.269 e. The van der Waals surface area contributed by atoms with E-state index in [-0.39, 0.29) is 23.5 Å². The second-order valence-corrected chi connectivity index (χ2v) is 9.17. The van der Waals surface area contributed by atoms with Crippen molar-refractivity contribution in [2.45, 2.75) is 51.3 Å². The molecule has 184 valence electrons. The van der Waals surface area contributed by atoms with Crippen LogP contribution in [-0.4, -0.2) is 27.7 Å². The number of carbonyl (C=O) groups excluding carboxylic acids is 2. The standard InChI is InChI=1S/C28H27N3O5/c1-2-25-28(33)30(24-9-5-7-18-6-3-4-8-23(18)24)17-20-16-21(12-15-26(20)36-25)29-27(32)19-10-13-22(14-11-19)31(34)35/h3-4,6,8,10-16,24-25H,2,5,7,9,17H2,1H3,(H,29,32)/t24-,25-/m0/s1. The molecule has 0 fully saturated rings. The van der Waals surface area contributed by atoms with E-state index in [1.165, 1.54) is 35.4 Å². The number of non-ortho nitro benzene ring substituents is 1. The van der Waals surface area contributed by atoms with Crippen molar-refractivity contribution in [1.82, 2.24) is 4.90 Å². The highest BCUT2D eigenvalue weighted by Gasteiger charge is 2.36. The zero-order valence-electron chi connectivity index (χ0n) is 20.0. The SMILES string of the molecule is CC[C@@H]1Oc2ccc(NC(=O)c3ccc([N+](=O)[O-])cc3)cc2CN([C@H]2CCCc3ccccc32)C1=O. The van der Waals surface area contributed by atoms with Crippen molar-refractivity contribution in [1.29, 1.82) is 0 Å². The number of carbonyl (C=O) groups is 2. The Morgan fingerprint density at radius 3 is 2.64 bits per heavy atom. The molecule has 1 heterocycles. The Bertz CT molecular complexity index is 1320. The maximum atomic E-state index is 13.6. The van der Waals surface area contributed by atoms with E-state index >= 15 is 0 Å². The number of benzene rings is 3. The second kappa shape index (κ2) is 9.81. The molecule has 3 aromatic rings. The van der Waals surface area contributed by atoms with Crippen LogP contribution in [0.5, 0.6) is 5.75 Å². The van der Waals surface area contributed by atoms with Gasteiger partial charge in [-0.3, -0.25) is 19.7 Å². The normalized spacial score (nSPS) is 18.9. The molecule has 0 aromatic heterocycles. The van der Waals surface area contributed by atoms with E-state index < -0.39 is 11.0 Å². The number of nitro groups is 1. The molecule has 1 N–H and O–H groups in total. The van der Waals surface area contributed by atoms with Gasteiger partial charge in [-0.15, -0.1) is 0 Å². The van der Waals surface area contributed by atoms with Crippen LogP contribution in [0.15, 0.2) is 66.7 Å². The van der Waals surface area contributed by atoms with Gasteiger partial charge in [0.1, 0.15) is 5.75 Å². The van der Waals surface area contributed by atoms with Crippen molar-refractivity contribution < 1.29 is 19.2 Å². The molecule has 5 rings (SSSR count). The van der Waals surface area contributed by atoms with Crippen LogP contribution >= 0.6 is 0 Å². The quantitative estimate of drug-likeness (QED) is 0.384. The number of anilines is 1. The molecule has 0 saturated heterocycles. The van der Waals surface area contributed by atoms with Crippen molar-refractivity contribution in [3.05, 3.63) is 99.1 Å². The van der Waals surface area contributed by atoms with Crippen LogP contribution in [0.3, 0.4) is 0 Å². The molecule has 2 amide bonds. The summed E-state index contributed by atoms with van der Waals surface area (Å²) in [5.74, 6) is 0.238. The molecule has 3 aromatic carbocycles. The maximum absolute atomic E-state index is 13.6. The minimum atomic E-state index is -0.569. The lowest BCUT2D eigenvalue weighted by atomic mass is 9.86. The molecule has 0 radical (unpaired) electrons. The number of fused-ring (bicyclic) bond motifs is 2. The zero-order valence-corrected chi connectivity index (χ0v) is 20.0. The largest absolute Gasteiger partial charge is 0.480 e. The molecule has 0 saturated carbocycles. The van der Waals surface area contributed by atoms with Crippen LogP contribution in [0.25, 0.3) is 0 Å². The molecule has 2 aliphatic rings. The van der Waals surface area contributed by atoms with Gasteiger partial charge in [-0.1, -0.05) is 31.2 Å². The van der Waals surface area contributed by atoms with E-state index in [9.17, 15) is 19.7 Å². The Morgan fingerprint density at radius 2 is 1.89 bits per heavy atom. The van der Waals surface area contributed by atoms with Crippen molar-refractivity contribution in [2.75, 3.05) is 5.32 Å². The van der Waals surface area contributed by atoms with Crippen LogP contribution < -0.4 is 10.1 Å². The minimum Gasteiger partial charge on any atom is -0.480 e. The number of nitrogens with one attached hydrogen (secondary N) is 1. The van der Waals surface area contributed by atoms with Crippen LogP contribution in [0, 0.1) is 10.1 Å². The number of rotatable bonds is 5. The molecular formula is C28H27N3O5. The van der Waals surface area contributed by atoms with Gasteiger partial charge in [0.05, 0.1) is 17.5 Å². The number of hydrogen-bond donors (Lipinski definition) is 1. The van der Waals surface area contributed by atoms with Crippen LogP contribution in [-0.2, 0) is 17.8 Å². The Morgan fingerprint density at radius 1 is 1.11 bits per heavy atom. The molecule has 0 bridgehead atoms. The van der Waals surface area contributed by atoms with E-state index in [0.717, 1.165) is 24.8 Å². The van der Waals surface area contributed by atoms with Crippen LogP contribution in [0.4, 0.5) is 11.4 Å². The average molecular weight is 486 g/mol. The van der Waals surface area contributed by atoms with Gasteiger partial charge in [-0.2, -0.15) is 0 Å². The summed E-state index contributed by atoms with van der Waals surface area (Å²) in [4.78, 5) is 38.6. The predicted octanol–water partition coefficient (Wildman–Crippen LogP) is 5.42. The number of nitrogens with zero attached hydrogens (tertiary/aromatic N) is 2. The number of amides is 2. The van der Waals surface area contributed by atoms with Crippen LogP contribution in [0.1, 0.15) is 59.3 Å². The minimum absolute atomic E-state index is 0.0214. The third kappa shape index (κ3) is 4.54. The molecule has 2 atom stereocenters. The maximum Gasteiger partial charge on any atom is 0.269 e. The summed E-state index contributed by atoms with van der Waals surface area (Å²) < 4.78 is 6.14. The highest BCUT2D eigenvalue weighted by molar-refractivity contribution is 6.04. The van der Waals surface area contributed by atoms with Crippen molar-refractivity contribution in [3.8, 4) is 5.75 Å². The molecule has 1 aliphatic carbocycles. The van der Waals surface area contributed by atoms with Gasteiger partial charge < -0.3 is 15.0 Å². The first kappa shape index (κ1) is 23.5. The summed E-state index contributed by atoms with van der Waals surface area (Å²) in [6.45, 7) is 2.32. The number of hydrogen-bond acceptors (Lipinski definition) is 5. The molecule has 8 heteroatoms. The van der Waals surface area contributed by atoms with E-state index in [0.29, 0.717) is 30.0 Å². The first-order valence-corrected chi connectivity index (χ1v) is 12.2. The van der Waals surface area contributed by atoms with Gasteiger partial charge in [0.15, 0.2) is 6.10 Å². The van der Waals surface area contributed by atoms with Crippen molar-refractivity contribution in [3.63, 3.8) is 0 Å². The lowest BCUT2D eigenvalue weighted by Gasteiger charge is -2.36. The van der Waals surface area contributed by atoms with Crippen LogP contribution in [0.2, 0.25) is 0 Å². The first-order chi connectivity index (χ1) is 17.4. The predicted molar refractivity (Wildman–Crippen MR) is 135 cm³/mol. The van der Waals surface area contributed by atoms with Gasteiger partial charge in [-0.25, -0.2) is 0 Å². The molecule has 0 spiro atoms. The fraction of sp³-hybridized carbons (Fsp3) is 0.286. The van der Waals surface area contributed by atoms with Gasteiger partial charge in [0.25, 0.3) is 17.5 Å². The van der Waals surface area contributed by atoms with E-state index in [1.54, 1.807) is 12.1 Å². The summed E-state index contributed by atoms with van der Waals surface area (Å²) in [7, 11) is 0. The summed E-state index contributed by atoms with van der Waals surface area (Å²) in [5, 5.41) is 13.7. The van der Waals surface area contributed by atoms with E-state index in [2.05, 4.69) is 17.4 Å². The summed E-state index contributed by atoms with van der Waals surface area (Å²) in [5.41, 5.74) is 4.10. The van der Waals surface area contributed by atoms with Gasteiger partial charge in [-0.05, 0) is 67.1 Å². The fourth-order valence-corrected chi connectivity index (χ4v) is 5.06. The average Bonchev–Trinajstić information content (AvgIpc) is 3.04. The second-order valence-electron chi connectivity index (χ2n) is 9.17. The fourth-order valence-electron chi connectivity index (χ4n) is 5.06. The lowest BCUT2D eigenvalue weighted by molar-refractivity contribution is -0.384. The Kier molecular flexibility index (Phi) is 6.41. The Hall–Kier alpha value is -4.20. The summed E-state index contributed by atoms with van der Waals surface area (Å²) in [6.07, 6.45) is 2.91. The van der Waals surface area contributed by atoms with Gasteiger partial charge in [0, 0.05) is 28.9 Å². The van der Waals surface area contributed by atoms with Crippen molar-refractivity contribution in [2.24, 2.45) is 0 Å². The molecule has 1 aliphatic heterocycles. The zero-order chi connectivity index (χ0) is 25.2. The number of aryl methyl sites for hydroxylation is 1. The number of nitro benzene ring substituents is 1. The molecule has 36 heavy (non-hydrogen) atoms. The number of ether oxygens (including phenoxy) is 1. The third-order valence-corrected chi connectivity index (χ3v) is 6.91. The van der Waals surface area contributed by atoms with Gasteiger partial charge >= 0.3 is 0 Å². The topological polar surface area (TPSA) is 102 Å². The highest BCUT2D eigenvalue weighted by atomic mass is 16.6. The molecular weight excluding hydrogens is 458 g/mol. The Balaban J connectivity index is 1.43.